The minimum atomic E-state index is -0.953. The van der Waals surface area contributed by atoms with Gasteiger partial charge in [-0.05, 0) is 12.8 Å². The number of carboxylic acids is 1. The molecule has 0 aromatic carbocycles. The molecule has 0 radical (unpaired) electrons. The Hall–Kier alpha value is -1.85. The molecule has 1 amide bonds. The number of anilines is 1. The zero-order chi connectivity index (χ0) is 14.4. The van der Waals surface area contributed by atoms with Crippen LogP contribution in [0.2, 0.25) is 0 Å². The van der Waals surface area contributed by atoms with Crippen molar-refractivity contribution in [2.75, 3.05) is 5.32 Å². The molecule has 1 aromatic heterocycles. The van der Waals surface area contributed by atoms with E-state index in [1.54, 1.807) is 12.3 Å². The number of aliphatic carboxylic acids is 1. The van der Waals surface area contributed by atoms with Crippen LogP contribution < -0.4 is 5.32 Å². The largest absolute Gasteiger partial charge is 0.480 e. The lowest BCUT2D eigenvalue weighted by Gasteiger charge is -2.18. The summed E-state index contributed by atoms with van der Waals surface area (Å²) in [6.45, 7) is -0.195. The van der Waals surface area contributed by atoms with Crippen LogP contribution in [0.4, 0.5) is 5.82 Å². The molecule has 1 saturated carbocycles. The van der Waals surface area contributed by atoms with E-state index in [0.29, 0.717) is 5.82 Å². The quantitative estimate of drug-likeness (QED) is 0.885. The lowest BCUT2D eigenvalue weighted by molar-refractivity contribution is -0.137. The van der Waals surface area contributed by atoms with Crippen molar-refractivity contribution < 1.29 is 14.7 Å². The SMILES string of the molecule is O=C(O)Cn1ccc(NC(=O)C2CCCCCCC2)n1. The van der Waals surface area contributed by atoms with Gasteiger partial charge in [-0.2, -0.15) is 5.10 Å². The molecule has 2 rings (SSSR count). The maximum absolute atomic E-state index is 12.2. The zero-order valence-electron chi connectivity index (χ0n) is 11.5. The highest BCUT2D eigenvalue weighted by Gasteiger charge is 2.20. The van der Waals surface area contributed by atoms with Gasteiger partial charge in [-0.15, -0.1) is 0 Å². The number of hydrogen-bond donors (Lipinski definition) is 2. The summed E-state index contributed by atoms with van der Waals surface area (Å²) < 4.78 is 1.30. The fourth-order valence-corrected chi connectivity index (χ4v) is 2.60. The molecule has 0 saturated heterocycles. The number of hydrogen-bond acceptors (Lipinski definition) is 3. The Labute approximate surface area is 118 Å². The smallest absolute Gasteiger partial charge is 0.325 e. The lowest BCUT2D eigenvalue weighted by atomic mass is 9.90. The number of aromatic nitrogens is 2. The lowest BCUT2D eigenvalue weighted by Crippen LogP contribution is -2.24. The summed E-state index contributed by atoms with van der Waals surface area (Å²) in [6.07, 6.45) is 9.31. The Morgan fingerprint density at radius 3 is 2.55 bits per heavy atom. The molecule has 1 heterocycles. The van der Waals surface area contributed by atoms with Crippen molar-refractivity contribution in [3.05, 3.63) is 12.3 Å². The van der Waals surface area contributed by atoms with E-state index < -0.39 is 5.97 Å². The Morgan fingerprint density at radius 1 is 1.25 bits per heavy atom. The predicted molar refractivity (Wildman–Crippen MR) is 74.3 cm³/mol. The van der Waals surface area contributed by atoms with Gasteiger partial charge in [-0.25, -0.2) is 0 Å². The van der Waals surface area contributed by atoms with Crippen LogP contribution in [0.1, 0.15) is 44.9 Å². The van der Waals surface area contributed by atoms with Gasteiger partial charge in [0.15, 0.2) is 5.82 Å². The van der Waals surface area contributed by atoms with E-state index in [4.69, 9.17) is 5.11 Å². The standard InChI is InChI=1S/C14H21N3O3/c18-13(19)10-17-9-8-12(16-17)15-14(20)11-6-4-2-1-3-5-7-11/h8-9,11H,1-7,10H2,(H,18,19)(H,15,16,20). The molecule has 0 bridgehead atoms. The van der Waals surface area contributed by atoms with Crippen LogP contribution >= 0.6 is 0 Å². The number of nitrogens with one attached hydrogen (secondary N) is 1. The van der Waals surface area contributed by atoms with Crippen LogP contribution in [0.25, 0.3) is 0 Å². The Morgan fingerprint density at radius 2 is 1.90 bits per heavy atom. The molecule has 1 aromatic rings. The summed E-state index contributed by atoms with van der Waals surface area (Å²) in [5, 5.41) is 15.5. The number of carbonyl (C=O) groups is 2. The van der Waals surface area contributed by atoms with Gasteiger partial charge in [0.1, 0.15) is 6.54 Å². The van der Waals surface area contributed by atoms with Crippen molar-refractivity contribution in [1.29, 1.82) is 0 Å². The highest BCUT2D eigenvalue weighted by Crippen LogP contribution is 2.23. The topological polar surface area (TPSA) is 84.2 Å². The second-order valence-electron chi connectivity index (χ2n) is 5.32. The van der Waals surface area contributed by atoms with Crippen LogP contribution in [0.3, 0.4) is 0 Å². The molecule has 2 N–H and O–H groups in total. The molecular formula is C14H21N3O3. The maximum atomic E-state index is 12.2. The van der Waals surface area contributed by atoms with E-state index in [2.05, 4.69) is 10.4 Å². The van der Waals surface area contributed by atoms with Crippen LogP contribution in [-0.2, 0) is 16.1 Å². The molecule has 110 valence electrons. The number of amides is 1. The third kappa shape index (κ3) is 4.36. The fourth-order valence-electron chi connectivity index (χ4n) is 2.60. The summed E-state index contributed by atoms with van der Waals surface area (Å²) in [7, 11) is 0. The monoisotopic (exact) mass is 279 g/mol. The van der Waals surface area contributed by atoms with Crippen molar-refractivity contribution in [2.24, 2.45) is 5.92 Å². The van der Waals surface area contributed by atoms with Crippen molar-refractivity contribution in [2.45, 2.75) is 51.5 Å². The second kappa shape index (κ2) is 7.07. The molecule has 0 unspecified atom stereocenters. The summed E-state index contributed by atoms with van der Waals surface area (Å²) in [4.78, 5) is 22.8. The first-order chi connectivity index (χ1) is 9.65. The number of carboxylic acid groups (broad SMARTS) is 1. The molecular weight excluding hydrogens is 258 g/mol. The molecule has 0 aliphatic heterocycles. The molecule has 20 heavy (non-hydrogen) atoms. The van der Waals surface area contributed by atoms with Gasteiger partial charge >= 0.3 is 5.97 Å². The highest BCUT2D eigenvalue weighted by atomic mass is 16.4. The number of rotatable bonds is 4. The minimum Gasteiger partial charge on any atom is -0.480 e. The number of carbonyl (C=O) groups excluding carboxylic acids is 1. The third-order valence-electron chi connectivity index (χ3n) is 3.67. The van der Waals surface area contributed by atoms with Crippen LogP contribution in [0.5, 0.6) is 0 Å². The Kier molecular flexibility index (Phi) is 5.15. The fraction of sp³-hybridized carbons (Fsp3) is 0.643. The Bertz CT molecular complexity index is 462. The van der Waals surface area contributed by atoms with Crippen molar-refractivity contribution in [1.82, 2.24) is 9.78 Å². The van der Waals surface area contributed by atoms with Crippen LogP contribution in [-0.4, -0.2) is 26.8 Å². The summed E-state index contributed by atoms with van der Waals surface area (Å²) in [5.41, 5.74) is 0. The van der Waals surface area contributed by atoms with Crippen molar-refractivity contribution >= 4 is 17.7 Å². The second-order valence-corrected chi connectivity index (χ2v) is 5.32. The molecule has 1 aliphatic carbocycles. The number of nitrogens with zero attached hydrogens (tertiary/aromatic N) is 2. The van der Waals surface area contributed by atoms with E-state index >= 15 is 0 Å². The normalized spacial score (nSPS) is 17.2. The maximum Gasteiger partial charge on any atom is 0.325 e. The van der Waals surface area contributed by atoms with E-state index in [9.17, 15) is 9.59 Å². The van der Waals surface area contributed by atoms with Gasteiger partial charge in [0.25, 0.3) is 0 Å². The van der Waals surface area contributed by atoms with Gasteiger partial charge in [-0.1, -0.05) is 32.1 Å². The Balaban J connectivity index is 1.89. The van der Waals surface area contributed by atoms with Crippen molar-refractivity contribution in [3.63, 3.8) is 0 Å². The minimum absolute atomic E-state index is 0.00692. The average molecular weight is 279 g/mol. The van der Waals surface area contributed by atoms with Gasteiger partial charge in [0.2, 0.25) is 5.91 Å². The summed E-state index contributed by atoms with van der Waals surface area (Å²) >= 11 is 0. The van der Waals surface area contributed by atoms with Gasteiger partial charge in [0, 0.05) is 18.2 Å². The average Bonchev–Trinajstić information content (AvgIpc) is 2.74. The van der Waals surface area contributed by atoms with Crippen LogP contribution in [0.15, 0.2) is 12.3 Å². The first kappa shape index (κ1) is 14.6. The predicted octanol–water partition coefficient (Wildman–Crippen LogP) is 2.27. The molecule has 0 spiro atoms. The molecule has 1 aliphatic rings. The summed E-state index contributed by atoms with van der Waals surface area (Å²) in [5.74, 6) is -0.461. The van der Waals surface area contributed by atoms with E-state index in [1.165, 1.54) is 23.9 Å². The molecule has 0 atom stereocenters. The molecule has 6 heteroatoms. The third-order valence-corrected chi connectivity index (χ3v) is 3.67. The van der Waals surface area contributed by atoms with E-state index in [0.717, 1.165) is 25.7 Å². The highest BCUT2D eigenvalue weighted by molar-refractivity contribution is 5.91. The van der Waals surface area contributed by atoms with E-state index in [-0.39, 0.29) is 18.4 Å². The first-order valence-electron chi connectivity index (χ1n) is 7.21. The van der Waals surface area contributed by atoms with E-state index in [1.807, 2.05) is 0 Å². The van der Waals surface area contributed by atoms with Crippen LogP contribution in [0, 0.1) is 5.92 Å². The molecule has 6 nitrogen and oxygen atoms in total. The van der Waals surface area contributed by atoms with Gasteiger partial charge in [0.05, 0.1) is 0 Å². The van der Waals surface area contributed by atoms with Crippen molar-refractivity contribution in [3.8, 4) is 0 Å². The van der Waals surface area contributed by atoms with Gasteiger partial charge in [-0.3, -0.25) is 14.3 Å². The zero-order valence-corrected chi connectivity index (χ0v) is 11.5. The summed E-state index contributed by atoms with van der Waals surface area (Å²) in [6, 6.07) is 1.63. The first-order valence-corrected chi connectivity index (χ1v) is 7.21. The molecule has 1 fully saturated rings. The van der Waals surface area contributed by atoms with Gasteiger partial charge < -0.3 is 10.4 Å².